The summed E-state index contributed by atoms with van der Waals surface area (Å²) < 4.78 is 47.8. The third kappa shape index (κ3) is 4.05. The lowest BCUT2D eigenvalue weighted by Crippen LogP contribution is -2.04. The molecule has 0 aromatic heterocycles. The van der Waals surface area contributed by atoms with Crippen molar-refractivity contribution < 1.29 is 22.6 Å². The molecule has 0 saturated carbocycles. The van der Waals surface area contributed by atoms with E-state index in [9.17, 15) is 13.2 Å². The van der Waals surface area contributed by atoms with Crippen LogP contribution in [0.5, 0.6) is 11.5 Å². The molecule has 0 radical (unpaired) electrons. The van der Waals surface area contributed by atoms with Crippen LogP contribution in [-0.2, 0) is 12.8 Å². The Labute approximate surface area is 120 Å². The van der Waals surface area contributed by atoms with Crippen molar-refractivity contribution in [2.45, 2.75) is 12.8 Å². The van der Waals surface area contributed by atoms with Crippen LogP contribution in [0.15, 0.2) is 42.5 Å². The predicted octanol–water partition coefficient (Wildman–Crippen LogP) is 3.88. The summed E-state index contributed by atoms with van der Waals surface area (Å²) in [4.78, 5) is 0. The summed E-state index contributed by atoms with van der Waals surface area (Å²) in [6.07, 6.45) is -4.35. The first kappa shape index (κ1) is 15.0. The quantitative estimate of drug-likeness (QED) is 0.871. The smallest absolute Gasteiger partial charge is 0.416 e. The van der Waals surface area contributed by atoms with E-state index in [4.69, 9.17) is 15.2 Å². The maximum absolute atomic E-state index is 12.4. The van der Waals surface area contributed by atoms with Crippen molar-refractivity contribution in [3.05, 3.63) is 53.6 Å². The van der Waals surface area contributed by atoms with E-state index in [1.165, 1.54) is 19.2 Å². The normalized spacial score (nSPS) is 11.2. The molecule has 0 amide bonds. The molecule has 2 aromatic carbocycles. The molecule has 21 heavy (non-hydrogen) atoms. The third-order valence-electron chi connectivity index (χ3n) is 2.81. The molecule has 0 atom stereocenters. The van der Waals surface area contributed by atoms with Crippen LogP contribution in [0.2, 0.25) is 0 Å². The van der Waals surface area contributed by atoms with Gasteiger partial charge in [-0.3, -0.25) is 0 Å². The van der Waals surface area contributed by atoms with Crippen LogP contribution >= 0.6 is 0 Å². The molecule has 3 nitrogen and oxygen atoms in total. The number of rotatable bonds is 4. The number of benzene rings is 2. The van der Waals surface area contributed by atoms with E-state index in [1.54, 1.807) is 18.2 Å². The minimum atomic E-state index is -4.35. The highest BCUT2D eigenvalue weighted by Gasteiger charge is 2.29. The number of nitrogen functional groups attached to an aromatic ring is 1. The van der Waals surface area contributed by atoms with Crippen LogP contribution in [0.25, 0.3) is 0 Å². The van der Waals surface area contributed by atoms with Crippen LogP contribution in [0.3, 0.4) is 0 Å². The van der Waals surface area contributed by atoms with Gasteiger partial charge in [0.2, 0.25) is 0 Å². The Balaban J connectivity index is 2.05. The van der Waals surface area contributed by atoms with Gasteiger partial charge >= 0.3 is 6.18 Å². The van der Waals surface area contributed by atoms with E-state index in [0.29, 0.717) is 17.2 Å². The molecule has 0 heterocycles. The lowest BCUT2D eigenvalue weighted by Gasteiger charge is -2.10. The first-order chi connectivity index (χ1) is 9.88. The van der Waals surface area contributed by atoms with Crippen molar-refractivity contribution in [1.82, 2.24) is 0 Å². The number of hydrogen-bond donors (Lipinski definition) is 1. The van der Waals surface area contributed by atoms with Crippen molar-refractivity contribution in [1.29, 1.82) is 0 Å². The fraction of sp³-hybridized carbons (Fsp3) is 0.200. The Morgan fingerprint density at radius 1 is 1.00 bits per heavy atom. The van der Waals surface area contributed by atoms with Crippen LogP contribution in [0.1, 0.15) is 11.1 Å². The molecule has 0 aliphatic heterocycles. The standard InChI is InChI=1S/C15H14F3NO2/c1-20-14-7-10(6-12(19)8-14)9-21-13-4-2-11(3-5-13)15(16,17)18/h2-8H,9,19H2,1H3. The summed E-state index contributed by atoms with van der Waals surface area (Å²) in [7, 11) is 1.52. The highest BCUT2D eigenvalue weighted by Crippen LogP contribution is 2.30. The number of methoxy groups -OCH3 is 1. The SMILES string of the molecule is COc1cc(N)cc(COc2ccc(C(F)(F)F)cc2)c1. The molecule has 2 aromatic rings. The molecule has 0 unspecified atom stereocenters. The van der Waals surface area contributed by atoms with Gasteiger partial charge in [0.25, 0.3) is 0 Å². The van der Waals surface area contributed by atoms with Crippen LogP contribution in [0.4, 0.5) is 18.9 Å². The molecule has 0 saturated heterocycles. The lowest BCUT2D eigenvalue weighted by atomic mass is 10.2. The van der Waals surface area contributed by atoms with Crippen molar-refractivity contribution >= 4 is 5.69 Å². The lowest BCUT2D eigenvalue weighted by molar-refractivity contribution is -0.137. The number of hydrogen-bond acceptors (Lipinski definition) is 3. The second kappa shape index (κ2) is 5.95. The number of nitrogens with two attached hydrogens (primary N) is 1. The van der Waals surface area contributed by atoms with Gasteiger partial charge in [-0.1, -0.05) is 0 Å². The highest BCUT2D eigenvalue weighted by atomic mass is 19.4. The van der Waals surface area contributed by atoms with Gasteiger partial charge in [0.15, 0.2) is 0 Å². The topological polar surface area (TPSA) is 44.5 Å². The van der Waals surface area contributed by atoms with Gasteiger partial charge in [-0.25, -0.2) is 0 Å². The number of alkyl halides is 3. The van der Waals surface area contributed by atoms with E-state index in [2.05, 4.69) is 0 Å². The fourth-order valence-electron chi connectivity index (χ4n) is 1.79. The molecule has 0 fully saturated rings. The van der Waals surface area contributed by atoms with Gasteiger partial charge in [0.05, 0.1) is 12.7 Å². The molecule has 0 spiro atoms. The van der Waals surface area contributed by atoms with E-state index in [0.717, 1.165) is 17.7 Å². The van der Waals surface area contributed by atoms with Crippen LogP contribution in [0, 0.1) is 0 Å². The minimum Gasteiger partial charge on any atom is -0.497 e. The van der Waals surface area contributed by atoms with Gasteiger partial charge in [-0.15, -0.1) is 0 Å². The van der Waals surface area contributed by atoms with Gasteiger partial charge in [0.1, 0.15) is 18.1 Å². The number of ether oxygens (including phenoxy) is 2. The van der Waals surface area contributed by atoms with Gasteiger partial charge < -0.3 is 15.2 Å². The van der Waals surface area contributed by atoms with Crippen molar-refractivity contribution in [2.24, 2.45) is 0 Å². The molecule has 2 N–H and O–H groups in total. The molecular formula is C15H14F3NO2. The molecule has 112 valence electrons. The molecule has 0 bridgehead atoms. The summed E-state index contributed by atoms with van der Waals surface area (Å²) >= 11 is 0. The monoisotopic (exact) mass is 297 g/mol. The number of anilines is 1. The Hall–Kier alpha value is -2.37. The van der Waals surface area contributed by atoms with E-state index in [1.807, 2.05) is 0 Å². The van der Waals surface area contributed by atoms with Gasteiger partial charge in [-0.05, 0) is 42.0 Å². The molecular weight excluding hydrogens is 283 g/mol. The summed E-state index contributed by atoms with van der Waals surface area (Å²) in [6, 6.07) is 9.66. The Morgan fingerprint density at radius 3 is 2.24 bits per heavy atom. The van der Waals surface area contributed by atoms with E-state index < -0.39 is 11.7 Å². The Kier molecular flexibility index (Phi) is 4.26. The fourth-order valence-corrected chi connectivity index (χ4v) is 1.79. The third-order valence-corrected chi connectivity index (χ3v) is 2.81. The van der Waals surface area contributed by atoms with Crippen molar-refractivity contribution in [2.75, 3.05) is 12.8 Å². The largest absolute Gasteiger partial charge is 0.497 e. The zero-order valence-electron chi connectivity index (χ0n) is 11.3. The molecule has 6 heteroatoms. The predicted molar refractivity (Wildman–Crippen MR) is 73.2 cm³/mol. The Bertz CT molecular complexity index is 609. The zero-order chi connectivity index (χ0) is 15.5. The maximum Gasteiger partial charge on any atom is 0.416 e. The van der Waals surface area contributed by atoms with Gasteiger partial charge in [-0.2, -0.15) is 13.2 Å². The highest BCUT2D eigenvalue weighted by molar-refractivity contribution is 5.47. The first-order valence-electron chi connectivity index (χ1n) is 6.12. The number of halogens is 3. The average Bonchev–Trinajstić information content (AvgIpc) is 2.44. The van der Waals surface area contributed by atoms with Crippen LogP contribution in [-0.4, -0.2) is 7.11 Å². The molecule has 2 rings (SSSR count). The summed E-state index contributed by atoms with van der Waals surface area (Å²) in [5.74, 6) is 0.949. The first-order valence-corrected chi connectivity index (χ1v) is 6.12. The second-order valence-corrected chi connectivity index (χ2v) is 4.43. The van der Waals surface area contributed by atoms with E-state index >= 15 is 0 Å². The zero-order valence-corrected chi connectivity index (χ0v) is 11.3. The average molecular weight is 297 g/mol. The van der Waals surface area contributed by atoms with Crippen LogP contribution < -0.4 is 15.2 Å². The van der Waals surface area contributed by atoms with E-state index in [-0.39, 0.29) is 6.61 Å². The Morgan fingerprint density at radius 2 is 1.67 bits per heavy atom. The molecule has 0 aliphatic rings. The summed E-state index contributed by atoms with van der Waals surface area (Å²) in [6.45, 7) is 0.187. The van der Waals surface area contributed by atoms with Gasteiger partial charge in [0, 0.05) is 11.8 Å². The second-order valence-electron chi connectivity index (χ2n) is 4.43. The summed E-state index contributed by atoms with van der Waals surface area (Å²) in [5, 5.41) is 0. The van der Waals surface area contributed by atoms with Crippen molar-refractivity contribution in [3.63, 3.8) is 0 Å². The van der Waals surface area contributed by atoms with Crippen molar-refractivity contribution in [3.8, 4) is 11.5 Å². The summed E-state index contributed by atoms with van der Waals surface area (Å²) in [5.41, 5.74) is 6.30. The minimum absolute atomic E-state index is 0.187. The maximum atomic E-state index is 12.4. The molecule has 0 aliphatic carbocycles.